The van der Waals surface area contributed by atoms with Crippen LogP contribution in [-0.4, -0.2) is 35.5 Å². The SMILES string of the molecule is CC(C)c1nc2cc(CNC3COCC3O)cc(C(F)(F)F)c2o1. The van der Waals surface area contributed by atoms with Crippen LogP contribution in [0.5, 0.6) is 0 Å². The van der Waals surface area contributed by atoms with E-state index in [0.29, 0.717) is 12.2 Å². The predicted molar refractivity (Wildman–Crippen MR) is 80.6 cm³/mol. The average molecular weight is 344 g/mol. The number of ether oxygens (including phenoxy) is 1. The quantitative estimate of drug-likeness (QED) is 0.893. The first-order valence-corrected chi connectivity index (χ1v) is 7.75. The fourth-order valence-electron chi connectivity index (χ4n) is 2.65. The number of halogens is 3. The van der Waals surface area contributed by atoms with Crippen molar-refractivity contribution in [2.75, 3.05) is 13.2 Å². The summed E-state index contributed by atoms with van der Waals surface area (Å²) in [6.45, 7) is 4.35. The van der Waals surface area contributed by atoms with Gasteiger partial charge in [0.25, 0.3) is 0 Å². The fraction of sp³-hybridized carbons (Fsp3) is 0.562. The number of oxazole rings is 1. The summed E-state index contributed by atoms with van der Waals surface area (Å²) in [5, 5.41) is 12.7. The monoisotopic (exact) mass is 344 g/mol. The van der Waals surface area contributed by atoms with Gasteiger partial charge in [-0.05, 0) is 17.7 Å². The molecule has 2 atom stereocenters. The van der Waals surface area contributed by atoms with Gasteiger partial charge >= 0.3 is 6.18 Å². The van der Waals surface area contributed by atoms with Crippen LogP contribution in [0.1, 0.15) is 36.8 Å². The first-order chi connectivity index (χ1) is 11.3. The molecular weight excluding hydrogens is 325 g/mol. The van der Waals surface area contributed by atoms with Crippen LogP contribution in [-0.2, 0) is 17.5 Å². The topological polar surface area (TPSA) is 67.5 Å². The number of nitrogens with one attached hydrogen (secondary N) is 1. The molecule has 0 bridgehead atoms. The van der Waals surface area contributed by atoms with Crippen molar-refractivity contribution < 1.29 is 27.4 Å². The molecule has 1 fully saturated rings. The minimum absolute atomic E-state index is 0.106. The number of fused-ring (bicyclic) bond motifs is 1. The zero-order valence-electron chi connectivity index (χ0n) is 13.4. The normalized spacial score (nSPS) is 22.0. The number of aliphatic hydroxyl groups excluding tert-OH is 1. The molecule has 1 saturated heterocycles. The predicted octanol–water partition coefficient (Wildman–Crippen LogP) is 2.82. The molecule has 5 nitrogen and oxygen atoms in total. The molecule has 1 aliphatic heterocycles. The van der Waals surface area contributed by atoms with Crippen LogP contribution in [0.3, 0.4) is 0 Å². The van der Waals surface area contributed by atoms with E-state index in [0.717, 1.165) is 6.07 Å². The Kier molecular flexibility index (Phi) is 4.54. The van der Waals surface area contributed by atoms with E-state index in [-0.39, 0.29) is 42.1 Å². The van der Waals surface area contributed by atoms with E-state index in [1.807, 2.05) is 13.8 Å². The van der Waals surface area contributed by atoms with Crippen LogP contribution in [0.4, 0.5) is 13.2 Å². The standard InChI is InChI=1S/C16H19F3N2O3/c1-8(2)15-21-11-4-9(5-20-12-6-23-7-13(12)22)3-10(14(11)24-15)16(17,18)19/h3-4,8,12-13,20,22H,5-7H2,1-2H3. The van der Waals surface area contributed by atoms with Gasteiger partial charge in [-0.25, -0.2) is 4.98 Å². The molecule has 0 saturated carbocycles. The zero-order chi connectivity index (χ0) is 17.5. The van der Waals surface area contributed by atoms with Crippen LogP contribution in [0.15, 0.2) is 16.5 Å². The van der Waals surface area contributed by atoms with E-state index in [2.05, 4.69) is 10.3 Å². The molecule has 3 rings (SSSR count). The maximum absolute atomic E-state index is 13.3. The lowest BCUT2D eigenvalue weighted by Gasteiger charge is -2.15. The number of hydrogen-bond acceptors (Lipinski definition) is 5. The first kappa shape index (κ1) is 17.2. The summed E-state index contributed by atoms with van der Waals surface area (Å²) in [4.78, 5) is 4.17. The molecule has 2 heterocycles. The molecule has 1 aromatic heterocycles. The zero-order valence-corrected chi connectivity index (χ0v) is 13.4. The van der Waals surface area contributed by atoms with Crippen molar-refractivity contribution in [3.05, 3.63) is 29.2 Å². The molecule has 1 aliphatic rings. The summed E-state index contributed by atoms with van der Waals surface area (Å²) in [6.07, 6.45) is -5.19. The molecule has 0 spiro atoms. The number of aliphatic hydroxyl groups is 1. The highest BCUT2D eigenvalue weighted by Gasteiger charge is 2.35. The molecule has 0 aliphatic carbocycles. The number of rotatable bonds is 4. The van der Waals surface area contributed by atoms with Crippen molar-refractivity contribution in [2.24, 2.45) is 0 Å². The molecule has 1 aromatic carbocycles. The second-order valence-corrected chi connectivity index (χ2v) is 6.29. The maximum atomic E-state index is 13.3. The van der Waals surface area contributed by atoms with Crippen molar-refractivity contribution >= 4 is 11.1 Å². The molecule has 2 aromatic rings. The molecular formula is C16H19F3N2O3. The first-order valence-electron chi connectivity index (χ1n) is 7.75. The highest BCUT2D eigenvalue weighted by atomic mass is 19.4. The minimum Gasteiger partial charge on any atom is -0.440 e. The Bertz CT molecular complexity index is 727. The van der Waals surface area contributed by atoms with Crippen molar-refractivity contribution in [3.63, 3.8) is 0 Å². The Labute approximate surface area is 136 Å². The minimum atomic E-state index is -4.53. The fourth-order valence-corrected chi connectivity index (χ4v) is 2.65. The molecule has 2 N–H and O–H groups in total. The third-order valence-electron chi connectivity index (χ3n) is 3.98. The second-order valence-electron chi connectivity index (χ2n) is 6.29. The van der Waals surface area contributed by atoms with Gasteiger partial charge in [-0.3, -0.25) is 0 Å². The lowest BCUT2D eigenvalue weighted by Crippen LogP contribution is -2.38. The van der Waals surface area contributed by atoms with E-state index < -0.39 is 17.8 Å². The van der Waals surface area contributed by atoms with Gasteiger partial charge < -0.3 is 19.6 Å². The lowest BCUT2D eigenvalue weighted by molar-refractivity contribution is -0.136. The summed E-state index contributed by atoms with van der Waals surface area (Å²) in [6, 6.07) is 2.35. The smallest absolute Gasteiger partial charge is 0.420 e. The van der Waals surface area contributed by atoms with Crippen LogP contribution < -0.4 is 5.32 Å². The molecule has 8 heteroatoms. The second kappa shape index (κ2) is 6.34. The summed E-state index contributed by atoms with van der Waals surface area (Å²) in [5.74, 6) is 0.172. The van der Waals surface area contributed by atoms with Gasteiger partial charge in [0.05, 0.1) is 25.4 Å². The number of hydrogen-bond donors (Lipinski definition) is 2. The molecule has 0 amide bonds. The van der Waals surface area contributed by atoms with Crippen LogP contribution in [0.2, 0.25) is 0 Å². The van der Waals surface area contributed by atoms with E-state index in [4.69, 9.17) is 9.15 Å². The highest BCUT2D eigenvalue weighted by Crippen LogP contribution is 2.37. The molecule has 2 unspecified atom stereocenters. The number of benzene rings is 1. The Morgan fingerprint density at radius 2 is 2.08 bits per heavy atom. The summed E-state index contributed by atoms with van der Waals surface area (Å²) < 4.78 is 50.5. The largest absolute Gasteiger partial charge is 0.440 e. The van der Waals surface area contributed by atoms with E-state index in [9.17, 15) is 18.3 Å². The Balaban J connectivity index is 1.93. The van der Waals surface area contributed by atoms with Gasteiger partial charge in [-0.2, -0.15) is 13.2 Å². The van der Waals surface area contributed by atoms with Gasteiger partial charge in [0.1, 0.15) is 11.1 Å². The Morgan fingerprint density at radius 1 is 1.33 bits per heavy atom. The Morgan fingerprint density at radius 3 is 2.67 bits per heavy atom. The molecule has 0 radical (unpaired) electrons. The van der Waals surface area contributed by atoms with Gasteiger partial charge in [0.15, 0.2) is 11.5 Å². The van der Waals surface area contributed by atoms with Crippen LogP contribution in [0, 0.1) is 0 Å². The van der Waals surface area contributed by atoms with Crippen molar-refractivity contribution in [3.8, 4) is 0 Å². The highest BCUT2D eigenvalue weighted by molar-refractivity contribution is 5.78. The van der Waals surface area contributed by atoms with E-state index >= 15 is 0 Å². The van der Waals surface area contributed by atoms with Gasteiger partial charge in [0, 0.05) is 12.5 Å². The third kappa shape index (κ3) is 3.40. The maximum Gasteiger partial charge on any atom is 0.420 e. The summed E-state index contributed by atoms with van der Waals surface area (Å²) in [5.41, 5.74) is -0.454. The van der Waals surface area contributed by atoms with Crippen LogP contribution >= 0.6 is 0 Å². The Hall–Kier alpha value is -1.64. The molecule has 24 heavy (non-hydrogen) atoms. The summed E-state index contributed by atoms with van der Waals surface area (Å²) >= 11 is 0. The van der Waals surface area contributed by atoms with Gasteiger partial charge in [-0.1, -0.05) is 13.8 Å². The average Bonchev–Trinajstić information content (AvgIpc) is 3.09. The number of alkyl halides is 3. The molecule has 132 valence electrons. The summed E-state index contributed by atoms with van der Waals surface area (Å²) in [7, 11) is 0. The third-order valence-corrected chi connectivity index (χ3v) is 3.98. The lowest BCUT2D eigenvalue weighted by atomic mass is 10.1. The van der Waals surface area contributed by atoms with Crippen molar-refractivity contribution in [2.45, 2.75) is 44.6 Å². The van der Waals surface area contributed by atoms with E-state index in [1.54, 1.807) is 6.07 Å². The van der Waals surface area contributed by atoms with Gasteiger partial charge in [0.2, 0.25) is 0 Å². The number of nitrogens with zero attached hydrogens (tertiary/aromatic N) is 1. The van der Waals surface area contributed by atoms with Crippen LogP contribution in [0.25, 0.3) is 11.1 Å². The van der Waals surface area contributed by atoms with Crippen molar-refractivity contribution in [1.29, 1.82) is 0 Å². The van der Waals surface area contributed by atoms with Gasteiger partial charge in [-0.15, -0.1) is 0 Å². The number of aromatic nitrogens is 1. The van der Waals surface area contributed by atoms with E-state index in [1.165, 1.54) is 0 Å². The van der Waals surface area contributed by atoms with Crippen molar-refractivity contribution in [1.82, 2.24) is 10.3 Å².